The number of carbonyl (C=O) groups excluding carboxylic acids is 1. The molecule has 24 heavy (non-hydrogen) atoms. The first-order valence-corrected chi connectivity index (χ1v) is 8.54. The average molecular weight is 336 g/mol. The highest BCUT2D eigenvalue weighted by molar-refractivity contribution is 5.77. The molecule has 0 aliphatic carbocycles. The Hall–Kier alpha value is -1.63. The van der Waals surface area contributed by atoms with Crippen LogP contribution in [0.2, 0.25) is 0 Å². The first-order chi connectivity index (χ1) is 11.6. The molecule has 0 aromatic heterocycles. The number of carbonyl (C=O) groups is 1. The Labute approximate surface area is 144 Å². The summed E-state index contributed by atoms with van der Waals surface area (Å²) < 4.78 is 10.8. The van der Waals surface area contributed by atoms with Gasteiger partial charge in [0.2, 0.25) is 0 Å². The molecule has 1 amide bonds. The lowest BCUT2D eigenvalue weighted by atomic mass is 10.2. The minimum atomic E-state index is -0.475. The summed E-state index contributed by atoms with van der Waals surface area (Å²) in [6, 6.07) is 7.68. The fourth-order valence-electron chi connectivity index (χ4n) is 2.66. The molecular formula is C18H28N2O4. The molecule has 2 rings (SSSR count). The number of rotatable bonds is 8. The molecule has 1 aromatic rings. The predicted molar refractivity (Wildman–Crippen MR) is 92.2 cm³/mol. The zero-order valence-corrected chi connectivity index (χ0v) is 14.6. The van der Waals surface area contributed by atoms with E-state index in [0.29, 0.717) is 38.6 Å². The third-order valence-electron chi connectivity index (χ3n) is 4.09. The van der Waals surface area contributed by atoms with Crippen LogP contribution in [-0.4, -0.2) is 79.5 Å². The second-order valence-electron chi connectivity index (χ2n) is 6.10. The lowest BCUT2D eigenvalue weighted by molar-refractivity contribution is -0.135. The van der Waals surface area contributed by atoms with Gasteiger partial charge in [-0.1, -0.05) is 17.7 Å². The molecule has 0 unspecified atom stereocenters. The van der Waals surface area contributed by atoms with E-state index in [0.717, 1.165) is 18.7 Å². The lowest BCUT2D eigenvalue weighted by Crippen LogP contribution is -2.51. The Morgan fingerprint density at radius 3 is 2.50 bits per heavy atom. The van der Waals surface area contributed by atoms with Crippen molar-refractivity contribution in [2.75, 3.05) is 52.5 Å². The first-order valence-electron chi connectivity index (χ1n) is 8.54. The number of nitrogens with zero attached hydrogens (tertiary/aromatic N) is 2. The minimum absolute atomic E-state index is 0.00471. The van der Waals surface area contributed by atoms with Gasteiger partial charge in [-0.3, -0.25) is 9.69 Å². The number of amides is 1. The summed E-state index contributed by atoms with van der Waals surface area (Å²) in [7, 11) is 0. The van der Waals surface area contributed by atoms with E-state index in [2.05, 4.69) is 4.90 Å². The van der Waals surface area contributed by atoms with Crippen molar-refractivity contribution in [3.8, 4) is 5.75 Å². The Bertz CT molecular complexity index is 498. The largest absolute Gasteiger partial charge is 0.484 e. The summed E-state index contributed by atoms with van der Waals surface area (Å²) in [5.74, 6) is 0.719. The van der Waals surface area contributed by atoms with E-state index in [1.54, 1.807) is 0 Å². The van der Waals surface area contributed by atoms with Crippen LogP contribution in [0.25, 0.3) is 0 Å². The monoisotopic (exact) mass is 336 g/mol. The Morgan fingerprint density at radius 2 is 1.88 bits per heavy atom. The van der Waals surface area contributed by atoms with Crippen LogP contribution in [-0.2, 0) is 9.53 Å². The van der Waals surface area contributed by atoms with Gasteiger partial charge in [-0.05, 0) is 26.0 Å². The molecule has 1 aromatic carbocycles. The molecule has 0 spiro atoms. The summed E-state index contributed by atoms with van der Waals surface area (Å²) in [5.41, 5.74) is 1.16. The van der Waals surface area contributed by atoms with Gasteiger partial charge in [0.25, 0.3) is 5.91 Å². The van der Waals surface area contributed by atoms with Crippen molar-refractivity contribution >= 4 is 5.91 Å². The van der Waals surface area contributed by atoms with Crippen LogP contribution < -0.4 is 4.74 Å². The van der Waals surface area contributed by atoms with E-state index in [-0.39, 0.29) is 12.5 Å². The first kappa shape index (κ1) is 18.7. The fraction of sp³-hybridized carbons (Fsp3) is 0.611. The standard InChI is InChI=1S/C18H28N2O4/c1-3-23-13-16(21)12-19-8-10-20(11-9-19)18(22)14-24-17-6-4-15(2)5-7-17/h4-7,16,21H,3,8-14H2,1-2H3/t16-/m1/s1. The molecule has 134 valence electrons. The molecule has 1 N–H and O–H groups in total. The normalized spacial score (nSPS) is 16.9. The van der Waals surface area contributed by atoms with Crippen molar-refractivity contribution in [2.24, 2.45) is 0 Å². The molecule has 0 radical (unpaired) electrons. The maximum atomic E-state index is 12.2. The average Bonchev–Trinajstić information content (AvgIpc) is 2.60. The molecule has 1 aliphatic heterocycles. The molecule has 1 fully saturated rings. The SMILES string of the molecule is CCOC[C@H](O)CN1CCN(C(=O)COc2ccc(C)cc2)CC1. The van der Waals surface area contributed by atoms with Crippen LogP contribution in [0.1, 0.15) is 12.5 Å². The van der Waals surface area contributed by atoms with E-state index in [9.17, 15) is 9.90 Å². The van der Waals surface area contributed by atoms with E-state index in [1.165, 1.54) is 0 Å². The molecular weight excluding hydrogens is 308 g/mol. The van der Waals surface area contributed by atoms with E-state index >= 15 is 0 Å². The van der Waals surface area contributed by atoms with Gasteiger partial charge in [-0.25, -0.2) is 0 Å². The zero-order valence-electron chi connectivity index (χ0n) is 14.6. The van der Waals surface area contributed by atoms with Crippen molar-refractivity contribution in [1.82, 2.24) is 9.80 Å². The Balaban J connectivity index is 1.67. The zero-order chi connectivity index (χ0) is 17.4. The summed E-state index contributed by atoms with van der Waals surface area (Å²) in [6.45, 7) is 8.40. The molecule has 1 saturated heterocycles. The summed E-state index contributed by atoms with van der Waals surface area (Å²) in [5, 5.41) is 9.87. The third-order valence-corrected chi connectivity index (χ3v) is 4.09. The van der Waals surface area contributed by atoms with Crippen molar-refractivity contribution in [1.29, 1.82) is 0 Å². The number of aliphatic hydroxyl groups excluding tert-OH is 1. The van der Waals surface area contributed by atoms with Crippen LogP contribution in [0.15, 0.2) is 24.3 Å². The smallest absolute Gasteiger partial charge is 0.260 e. The van der Waals surface area contributed by atoms with Gasteiger partial charge in [0.1, 0.15) is 5.75 Å². The summed E-state index contributed by atoms with van der Waals surface area (Å²) in [6.07, 6.45) is -0.475. The molecule has 0 saturated carbocycles. The highest BCUT2D eigenvalue weighted by Gasteiger charge is 2.22. The maximum absolute atomic E-state index is 12.2. The van der Waals surface area contributed by atoms with Crippen LogP contribution in [0, 0.1) is 6.92 Å². The van der Waals surface area contributed by atoms with Crippen LogP contribution in [0.3, 0.4) is 0 Å². The van der Waals surface area contributed by atoms with E-state index in [4.69, 9.17) is 9.47 Å². The fourth-order valence-corrected chi connectivity index (χ4v) is 2.66. The lowest BCUT2D eigenvalue weighted by Gasteiger charge is -2.35. The number of ether oxygens (including phenoxy) is 2. The number of piperazine rings is 1. The van der Waals surface area contributed by atoms with Crippen LogP contribution in [0.4, 0.5) is 0 Å². The Morgan fingerprint density at radius 1 is 1.21 bits per heavy atom. The number of hydrogen-bond acceptors (Lipinski definition) is 5. The molecule has 1 atom stereocenters. The highest BCUT2D eigenvalue weighted by Crippen LogP contribution is 2.12. The number of aryl methyl sites for hydroxylation is 1. The maximum Gasteiger partial charge on any atom is 0.260 e. The summed E-state index contributed by atoms with van der Waals surface area (Å²) >= 11 is 0. The van der Waals surface area contributed by atoms with Gasteiger partial charge in [-0.15, -0.1) is 0 Å². The van der Waals surface area contributed by atoms with Crippen molar-refractivity contribution in [3.63, 3.8) is 0 Å². The third kappa shape index (κ3) is 6.11. The molecule has 0 bridgehead atoms. The predicted octanol–water partition coefficient (Wildman–Crippen LogP) is 0.915. The second-order valence-corrected chi connectivity index (χ2v) is 6.10. The van der Waals surface area contributed by atoms with Gasteiger partial charge < -0.3 is 19.5 Å². The van der Waals surface area contributed by atoms with Gasteiger partial charge in [0.05, 0.1) is 12.7 Å². The Kier molecular flexibility index (Phi) is 7.49. The van der Waals surface area contributed by atoms with Crippen LogP contribution >= 0.6 is 0 Å². The van der Waals surface area contributed by atoms with Gasteiger partial charge in [-0.2, -0.15) is 0 Å². The van der Waals surface area contributed by atoms with Crippen molar-refractivity contribution in [3.05, 3.63) is 29.8 Å². The van der Waals surface area contributed by atoms with Crippen molar-refractivity contribution < 1.29 is 19.4 Å². The van der Waals surface area contributed by atoms with E-state index in [1.807, 2.05) is 43.0 Å². The molecule has 1 aliphatic rings. The number of benzene rings is 1. The van der Waals surface area contributed by atoms with Crippen LogP contribution in [0.5, 0.6) is 5.75 Å². The van der Waals surface area contributed by atoms with Gasteiger partial charge >= 0.3 is 0 Å². The molecule has 1 heterocycles. The van der Waals surface area contributed by atoms with Crippen molar-refractivity contribution in [2.45, 2.75) is 20.0 Å². The highest BCUT2D eigenvalue weighted by atomic mass is 16.5. The second kappa shape index (κ2) is 9.61. The topological polar surface area (TPSA) is 62.2 Å². The van der Waals surface area contributed by atoms with E-state index < -0.39 is 6.10 Å². The number of aliphatic hydroxyl groups is 1. The summed E-state index contributed by atoms with van der Waals surface area (Å²) in [4.78, 5) is 16.2. The molecule has 6 heteroatoms. The minimum Gasteiger partial charge on any atom is -0.484 e. The van der Waals surface area contributed by atoms with Gasteiger partial charge in [0.15, 0.2) is 6.61 Å². The number of β-amino-alcohol motifs (C(OH)–C–C–N with tert-alkyl or cyclic N) is 1. The molecule has 6 nitrogen and oxygen atoms in total. The van der Waals surface area contributed by atoms with Gasteiger partial charge in [0, 0.05) is 39.3 Å². The quantitative estimate of drug-likeness (QED) is 0.765. The number of hydrogen-bond donors (Lipinski definition) is 1.